The van der Waals surface area contributed by atoms with Crippen LogP contribution in [0, 0.1) is 47.4 Å². The molecule has 1 aliphatic rings. The molecule has 0 spiro atoms. The van der Waals surface area contributed by atoms with Gasteiger partial charge >= 0.3 is 5.97 Å². The topological polar surface area (TPSA) is 43.4 Å². The Balaban J connectivity index is 2.17. The molecule has 1 fully saturated rings. The van der Waals surface area contributed by atoms with Crippen molar-refractivity contribution in [1.82, 2.24) is 0 Å². The van der Waals surface area contributed by atoms with Crippen LogP contribution >= 0.6 is 0 Å². The first-order valence-corrected chi connectivity index (χ1v) is 6.57. The molecule has 0 saturated heterocycles. The minimum Gasteiger partial charge on any atom is -0.460 e. The summed E-state index contributed by atoms with van der Waals surface area (Å²) >= 11 is 0. The molecule has 0 amide bonds. The van der Waals surface area contributed by atoms with Crippen molar-refractivity contribution in [2.75, 3.05) is 0 Å². The number of aldehydes is 1. The van der Waals surface area contributed by atoms with Crippen LogP contribution in [-0.2, 0) is 20.9 Å². The van der Waals surface area contributed by atoms with Crippen molar-refractivity contribution in [3.05, 3.63) is 34.4 Å². The summed E-state index contributed by atoms with van der Waals surface area (Å²) in [5.74, 6) is -8.33. The largest absolute Gasteiger partial charge is 0.460 e. The molecule has 0 aliphatic heterocycles. The van der Waals surface area contributed by atoms with Gasteiger partial charge in [-0.25, -0.2) is 17.6 Å². The molecular formula is C15H14F4O3. The lowest BCUT2D eigenvalue weighted by atomic mass is 10.1. The number of halogens is 4. The van der Waals surface area contributed by atoms with Gasteiger partial charge in [0, 0.05) is 11.5 Å². The van der Waals surface area contributed by atoms with Crippen LogP contribution in [0.3, 0.4) is 0 Å². The summed E-state index contributed by atoms with van der Waals surface area (Å²) in [6.45, 7) is 3.30. The lowest BCUT2D eigenvalue weighted by molar-refractivity contribution is -0.148. The highest BCUT2D eigenvalue weighted by atomic mass is 19.2. The Morgan fingerprint density at radius 2 is 1.64 bits per heavy atom. The van der Waals surface area contributed by atoms with Gasteiger partial charge in [-0.3, -0.25) is 4.79 Å². The van der Waals surface area contributed by atoms with Gasteiger partial charge in [-0.15, -0.1) is 0 Å². The maximum Gasteiger partial charge on any atom is 0.310 e. The monoisotopic (exact) mass is 318 g/mol. The highest BCUT2D eigenvalue weighted by Crippen LogP contribution is 2.57. The summed E-state index contributed by atoms with van der Waals surface area (Å²) in [6, 6.07) is 0. The number of ether oxygens (including phenoxy) is 1. The van der Waals surface area contributed by atoms with Gasteiger partial charge in [0.2, 0.25) is 0 Å². The number of benzene rings is 1. The zero-order chi connectivity index (χ0) is 16.8. The molecule has 3 nitrogen and oxygen atoms in total. The summed E-state index contributed by atoms with van der Waals surface area (Å²) in [6.07, 6.45) is 0.609. The zero-order valence-electron chi connectivity index (χ0n) is 12.2. The number of rotatable bonds is 4. The molecular weight excluding hydrogens is 304 g/mol. The predicted octanol–water partition coefficient (Wildman–Crippen LogP) is 3.07. The Labute approximate surface area is 124 Å². The van der Waals surface area contributed by atoms with Crippen molar-refractivity contribution in [2.24, 2.45) is 17.3 Å². The third kappa shape index (κ3) is 2.38. The van der Waals surface area contributed by atoms with Gasteiger partial charge in [0.25, 0.3) is 0 Å². The summed E-state index contributed by atoms with van der Waals surface area (Å²) in [4.78, 5) is 22.6. The lowest BCUT2D eigenvalue weighted by Crippen LogP contribution is -2.14. The van der Waals surface area contributed by atoms with E-state index in [4.69, 9.17) is 4.74 Å². The molecule has 0 N–H and O–H groups in total. The highest BCUT2D eigenvalue weighted by molar-refractivity contribution is 5.84. The van der Waals surface area contributed by atoms with Gasteiger partial charge in [0.05, 0.1) is 11.5 Å². The fourth-order valence-electron chi connectivity index (χ4n) is 2.53. The van der Waals surface area contributed by atoms with Crippen molar-refractivity contribution >= 4 is 12.3 Å². The van der Waals surface area contributed by atoms with E-state index in [1.54, 1.807) is 13.8 Å². The molecule has 2 rings (SSSR count). The van der Waals surface area contributed by atoms with Gasteiger partial charge in [-0.1, -0.05) is 13.8 Å². The molecule has 1 saturated carbocycles. The van der Waals surface area contributed by atoms with Crippen LogP contribution in [0.25, 0.3) is 0 Å². The second-order valence-electron chi connectivity index (χ2n) is 5.93. The molecule has 1 aromatic rings. The molecule has 0 aromatic heterocycles. The minimum atomic E-state index is -1.59. The van der Waals surface area contributed by atoms with E-state index in [-0.39, 0.29) is 0 Å². The van der Waals surface area contributed by atoms with E-state index in [2.05, 4.69) is 0 Å². The number of carbonyl (C=O) groups is 2. The average molecular weight is 318 g/mol. The van der Waals surface area contributed by atoms with E-state index < -0.39 is 64.2 Å². The highest BCUT2D eigenvalue weighted by Gasteiger charge is 2.62. The summed E-state index contributed by atoms with van der Waals surface area (Å²) in [5.41, 5.74) is -2.37. The smallest absolute Gasteiger partial charge is 0.310 e. The molecule has 0 radical (unpaired) electrons. The first kappa shape index (κ1) is 16.5. The predicted molar refractivity (Wildman–Crippen MR) is 67.6 cm³/mol. The quantitative estimate of drug-likeness (QED) is 0.371. The maximum atomic E-state index is 13.6. The van der Waals surface area contributed by atoms with E-state index in [9.17, 15) is 27.2 Å². The van der Waals surface area contributed by atoms with Gasteiger partial charge in [0.15, 0.2) is 23.3 Å². The summed E-state index contributed by atoms with van der Waals surface area (Å²) in [5, 5.41) is 0. The second kappa shape index (κ2) is 5.37. The van der Waals surface area contributed by atoms with Crippen LogP contribution in [0.15, 0.2) is 0 Å². The van der Waals surface area contributed by atoms with Gasteiger partial charge in [0.1, 0.15) is 12.9 Å². The Morgan fingerprint density at radius 1 is 1.14 bits per heavy atom. The Bertz CT molecular complexity index is 626. The standard InChI is InChI=1S/C15H14F4O3/c1-6-10(16)12(18)7(13(19)11(6)17)5-22-14(21)9-8(4-20)15(9,2)3/h4,8-9H,5H2,1-3H3. The molecule has 120 valence electrons. The van der Waals surface area contributed by atoms with Crippen molar-refractivity contribution in [3.63, 3.8) is 0 Å². The van der Waals surface area contributed by atoms with Gasteiger partial charge < -0.3 is 9.53 Å². The molecule has 2 atom stereocenters. The Kier molecular flexibility index (Phi) is 4.02. The van der Waals surface area contributed by atoms with Crippen LogP contribution in [0.2, 0.25) is 0 Å². The first-order chi connectivity index (χ1) is 10.1. The molecule has 0 heterocycles. The fraction of sp³-hybridized carbons (Fsp3) is 0.467. The van der Waals surface area contributed by atoms with Crippen molar-refractivity contribution in [3.8, 4) is 0 Å². The first-order valence-electron chi connectivity index (χ1n) is 6.57. The third-order valence-electron chi connectivity index (χ3n) is 4.24. The molecule has 2 unspecified atom stereocenters. The van der Waals surface area contributed by atoms with E-state index in [1.165, 1.54) is 0 Å². The minimum absolute atomic E-state index is 0.541. The van der Waals surface area contributed by atoms with Crippen LogP contribution in [-0.4, -0.2) is 12.3 Å². The number of esters is 1. The number of carbonyl (C=O) groups excluding carboxylic acids is 2. The molecule has 1 aromatic carbocycles. The number of hydrogen-bond donors (Lipinski definition) is 0. The van der Waals surface area contributed by atoms with E-state index in [1.807, 2.05) is 0 Å². The van der Waals surface area contributed by atoms with Crippen LogP contribution in [0.4, 0.5) is 17.6 Å². The van der Waals surface area contributed by atoms with E-state index in [0.717, 1.165) is 6.92 Å². The van der Waals surface area contributed by atoms with Crippen LogP contribution < -0.4 is 0 Å². The Hall–Kier alpha value is -1.92. The second-order valence-corrected chi connectivity index (χ2v) is 5.93. The van der Waals surface area contributed by atoms with Crippen molar-refractivity contribution in [1.29, 1.82) is 0 Å². The fourth-order valence-corrected chi connectivity index (χ4v) is 2.53. The molecule has 0 bridgehead atoms. The normalized spacial score (nSPS) is 22.3. The van der Waals surface area contributed by atoms with E-state index in [0.29, 0.717) is 6.29 Å². The molecule has 1 aliphatic carbocycles. The molecule has 22 heavy (non-hydrogen) atoms. The number of hydrogen-bond acceptors (Lipinski definition) is 3. The zero-order valence-corrected chi connectivity index (χ0v) is 12.2. The van der Waals surface area contributed by atoms with Gasteiger partial charge in [-0.2, -0.15) is 0 Å². The SMILES string of the molecule is Cc1c(F)c(F)c(COC(=O)C2C(C=O)C2(C)C)c(F)c1F. The average Bonchev–Trinajstić information content (AvgIpc) is 3.04. The van der Waals surface area contributed by atoms with E-state index >= 15 is 0 Å². The van der Waals surface area contributed by atoms with Crippen LogP contribution in [0.1, 0.15) is 25.0 Å². The van der Waals surface area contributed by atoms with Crippen molar-refractivity contribution in [2.45, 2.75) is 27.4 Å². The Morgan fingerprint density at radius 3 is 2.05 bits per heavy atom. The maximum absolute atomic E-state index is 13.6. The lowest BCUT2D eigenvalue weighted by Gasteiger charge is -2.10. The van der Waals surface area contributed by atoms with Gasteiger partial charge in [-0.05, 0) is 12.3 Å². The summed E-state index contributed by atoms with van der Waals surface area (Å²) in [7, 11) is 0. The molecule has 7 heteroatoms. The van der Waals surface area contributed by atoms with Crippen LogP contribution in [0.5, 0.6) is 0 Å². The third-order valence-corrected chi connectivity index (χ3v) is 4.24. The summed E-state index contributed by atoms with van der Waals surface area (Å²) < 4.78 is 58.8. The van der Waals surface area contributed by atoms with Crippen molar-refractivity contribution < 1.29 is 31.9 Å².